The number of carboxylic acids is 1. The number of rotatable bonds is 6. The van der Waals surface area contributed by atoms with Gasteiger partial charge in [-0.2, -0.15) is 5.26 Å². The summed E-state index contributed by atoms with van der Waals surface area (Å²) in [5.74, 6) is 0.0118. The Hall–Kier alpha value is -0.690. The van der Waals surface area contributed by atoms with Crippen LogP contribution in [0.5, 0.6) is 0 Å². The standard InChI is InChI=1S/C8H13NO2S/c1-2-7(8(10)11)12-6-4-3-5-9/h7H,2-4,6H2,1H3,(H,10,11). The predicted octanol–water partition coefficient (Wildman–Crippen LogP) is 1.89. The van der Waals surface area contributed by atoms with Crippen LogP contribution in [0.3, 0.4) is 0 Å². The summed E-state index contributed by atoms with van der Waals surface area (Å²) in [5.41, 5.74) is 0. The van der Waals surface area contributed by atoms with Crippen LogP contribution in [-0.2, 0) is 4.79 Å². The number of hydrogen-bond acceptors (Lipinski definition) is 3. The zero-order valence-electron chi connectivity index (χ0n) is 7.12. The molecule has 0 saturated carbocycles. The molecule has 0 aliphatic heterocycles. The lowest BCUT2D eigenvalue weighted by molar-refractivity contribution is -0.136. The van der Waals surface area contributed by atoms with Crippen LogP contribution in [0.15, 0.2) is 0 Å². The first-order valence-corrected chi connectivity index (χ1v) is 4.98. The maximum atomic E-state index is 10.5. The zero-order chi connectivity index (χ0) is 9.40. The molecule has 0 aromatic rings. The Morgan fingerprint density at radius 3 is 2.83 bits per heavy atom. The van der Waals surface area contributed by atoms with Crippen molar-refractivity contribution < 1.29 is 9.90 Å². The number of nitrogens with zero attached hydrogens (tertiary/aromatic N) is 1. The monoisotopic (exact) mass is 187 g/mol. The largest absolute Gasteiger partial charge is 0.480 e. The molecule has 12 heavy (non-hydrogen) atoms. The van der Waals surface area contributed by atoms with Crippen LogP contribution in [0.2, 0.25) is 0 Å². The Labute approximate surface area is 76.8 Å². The molecule has 1 unspecified atom stereocenters. The van der Waals surface area contributed by atoms with E-state index in [4.69, 9.17) is 10.4 Å². The molecule has 0 fully saturated rings. The Morgan fingerprint density at radius 2 is 2.42 bits per heavy atom. The molecule has 1 atom stereocenters. The van der Waals surface area contributed by atoms with Gasteiger partial charge in [-0.05, 0) is 18.6 Å². The first kappa shape index (κ1) is 11.3. The summed E-state index contributed by atoms with van der Waals surface area (Å²) in [6, 6.07) is 2.03. The predicted molar refractivity (Wildman–Crippen MR) is 49.0 cm³/mol. The van der Waals surface area contributed by atoms with Crippen LogP contribution in [0.1, 0.15) is 26.2 Å². The lowest BCUT2D eigenvalue weighted by Crippen LogP contribution is -2.15. The van der Waals surface area contributed by atoms with Crippen LogP contribution >= 0.6 is 11.8 Å². The minimum atomic E-state index is -0.751. The van der Waals surface area contributed by atoms with Gasteiger partial charge in [0.25, 0.3) is 0 Å². The summed E-state index contributed by atoms with van der Waals surface area (Å²) in [7, 11) is 0. The average Bonchev–Trinajstić information content (AvgIpc) is 2.04. The van der Waals surface area contributed by atoms with E-state index < -0.39 is 5.97 Å². The van der Waals surface area contributed by atoms with E-state index >= 15 is 0 Å². The minimum absolute atomic E-state index is 0.302. The summed E-state index contributed by atoms with van der Waals surface area (Å²) in [5, 5.41) is 16.6. The number of aliphatic carboxylic acids is 1. The van der Waals surface area contributed by atoms with Crippen molar-refractivity contribution in [2.75, 3.05) is 5.75 Å². The van der Waals surface area contributed by atoms with Crippen LogP contribution in [0.25, 0.3) is 0 Å². The van der Waals surface area contributed by atoms with Gasteiger partial charge in [0.2, 0.25) is 0 Å². The van der Waals surface area contributed by atoms with Crippen molar-refractivity contribution >= 4 is 17.7 Å². The molecule has 0 aromatic heterocycles. The number of thioether (sulfide) groups is 1. The third-order valence-corrected chi connectivity index (χ3v) is 2.86. The van der Waals surface area contributed by atoms with Gasteiger partial charge in [-0.1, -0.05) is 6.92 Å². The maximum Gasteiger partial charge on any atom is 0.316 e. The van der Waals surface area contributed by atoms with E-state index in [2.05, 4.69) is 0 Å². The highest BCUT2D eigenvalue weighted by Crippen LogP contribution is 2.16. The van der Waals surface area contributed by atoms with Crippen molar-refractivity contribution in [3.63, 3.8) is 0 Å². The number of hydrogen-bond donors (Lipinski definition) is 1. The molecule has 0 aromatic carbocycles. The Kier molecular flexibility index (Phi) is 6.58. The normalized spacial score (nSPS) is 12.0. The van der Waals surface area contributed by atoms with E-state index in [9.17, 15) is 4.79 Å². The fourth-order valence-electron chi connectivity index (χ4n) is 0.741. The first-order valence-electron chi connectivity index (χ1n) is 3.93. The topological polar surface area (TPSA) is 61.1 Å². The second-order valence-corrected chi connectivity index (χ2v) is 3.68. The van der Waals surface area contributed by atoms with Crippen molar-refractivity contribution in [2.24, 2.45) is 0 Å². The van der Waals surface area contributed by atoms with Crippen LogP contribution in [0.4, 0.5) is 0 Å². The molecule has 1 N–H and O–H groups in total. The summed E-state index contributed by atoms with van der Waals surface area (Å²) in [4.78, 5) is 10.5. The van der Waals surface area contributed by atoms with E-state index in [-0.39, 0.29) is 5.25 Å². The van der Waals surface area contributed by atoms with Gasteiger partial charge in [-0.25, -0.2) is 0 Å². The second kappa shape index (κ2) is 6.99. The molecule has 0 heterocycles. The smallest absolute Gasteiger partial charge is 0.316 e. The molecule has 0 bridgehead atoms. The molecular formula is C8H13NO2S. The molecule has 0 saturated heterocycles. The van der Waals surface area contributed by atoms with E-state index in [1.165, 1.54) is 11.8 Å². The Bertz CT molecular complexity index is 176. The third kappa shape index (κ3) is 5.03. The van der Waals surface area contributed by atoms with E-state index in [0.29, 0.717) is 12.8 Å². The summed E-state index contributed by atoms with van der Waals surface area (Å²) in [6.07, 6.45) is 1.94. The maximum absolute atomic E-state index is 10.5. The molecule has 68 valence electrons. The van der Waals surface area contributed by atoms with Gasteiger partial charge in [0, 0.05) is 6.42 Å². The van der Waals surface area contributed by atoms with E-state index in [1.54, 1.807) is 0 Å². The van der Waals surface area contributed by atoms with Crippen LogP contribution < -0.4 is 0 Å². The zero-order valence-corrected chi connectivity index (χ0v) is 7.93. The highest BCUT2D eigenvalue weighted by molar-refractivity contribution is 8.00. The highest BCUT2D eigenvalue weighted by Gasteiger charge is 2.14. The molecule has 0 aliphatic rings. The lowest BCUT2D eigenvalue weighted by atomic mass is 10.3. The Morgan fingerprint density at radius 1 is 1.75 bits per heavy atom. The Balaban J connectivity index is 3.46. The van der Waals surface area contributed by atoms with Gasteiger partial charge >= 0.3 is 5.97 Å². The van der Waals surface area contributed by atoms with Gasteiger partial charge in [0.15, 0.2) is 0 Å². The molecule has 3 nitrogen and oxygen atoms in total. The number of unbranched alkanes of at least 4 members (excludes halogenated alkanes) is 1. The SMILES string of the molecule is CCC(SCCCC#N)C(=O)O. The van der Waals surface area contributed by atoms with Crippen molar-refractivity contribution in [3.8, 4) is 6.07 Å². The van der Waals surface area contributed by atoms with Crippen molar-refractivity contribution in [1.82, 2.24) is 0 Å². The third-order valence-electron chi connectivity index (χ3n) is 1.40. The fraction of sp³-hybridized carbons (Fsp3) is 0.750. The van der Waals surface area contributed by atoms with Crippen molar-refractivity contribution in [2.45, 2.75) is 31.4 Å². The minimum Gasteiger partial charge on any atom is -0.480 e. The van der Waals surface area contributed by atoms with E-state index in [0.717, 1.165) is 12.2 Å². The van der Waals surface area contributed by atoms with Crippen LogP contribution in [0, 0.1) is 11.3 Å². The molecule has 0 rings (SSSR count). The fourth-order valence-corrected chi connectivity index (χ4v) is 1.71. The van der Waals surface area contributed by atoms with Crippen molar-refractivity contribution in [1.29, 1.82) is 5.26 Å². The molecule has 0 aliphatic carbocycles. The van der Waals surface area contributed by atoms with Gasteiger partial charge < -0.3 is 5.11 Å². The number of carbonyl (C=O) groups is 1. The van der Waals surface area contributed by atoms with E-state index in [1.807, 2.05) is 13.0 Å². The van der Waals surface area contributed by atoms with Gasteiger partial charge in [0.1, 0.15) is 5.25 Å². The van der Waals surface area contributed by atoms with Gasteiger partial charge in [0.05, 0.1) is 6.07 Å². The second-order valence-electron chi connectivity index (χ2n) is 2.37. The molecule has 4 heteroatoms. The summed E-state index contributed by atoms with van der Waals surface area (Å²) < 4.78 is 0. The molecule has 0 amide bonds. The molecular weight excluding hydrogens is 174 g/mol. The first-order chi connectivity index (χ1) is 5.72. The highest BCUT2D eigenvalue weighted by atomic mass is 32.2. The van der Waals surface area contributed by atoms with Crippen molar-refractivity contribution in [3.05, 3.63) is 0 Å². The average molecular weight is 187 g/mol. The van der Waals surface area contributed by atoms with Gasteiger partial charge in [-0.3, -0.25) is 4.79 Å². The molecule has 0 spiro atoms. The number of carboxylic acid groups (broad SMARTS) is 1. The quantitative estimate of drug-likeness (QED) is 0.645. The summed E-state index contributed by atoms with van der Waals surface area (Å²) >= 11 is 1.42. The number of nitriles is 1. The lowest BCUT2D eigenvalue weighted by Gasteiger charge is -2.07. The molecule has 0 radical (unpaired) electrons. The summed E-state index contributed by atoms with van der Waals surface area (Å²) in [6.45, 7) is 1.86. The van der Waals surface area contributed by atoms with Crippen LogP contribution in [-0.4, -0.2) is 22.1 Å². The van der Waals surface area contributed by atoms with Gasteiger partial charge in [-0.15, -0.1) is 11.8 Å².